The van der Waals surface area contributed by atoms with Crippen LogP contribution >= 0.6 is 0 Å². The van der Waals surface area contributed by atoms with E-state index in [2.05, 4.69) is 11.9 Å². The van der Waals surface area contributed by atoms with Crippen molar-refractivity contribution in [2.45, 2.75) is 39.5 Å². The third kappa shape index (κ3) is 3.04. The van der Waals surface area contributed by atoms with Gasteiger partial charge in [-0.25, -0.2) is 0 Å². The summed E-state index contributed by atoms with van der Waals surface area (Å²) in [6.45, 7) is 4.07. The van der Waals surface area contributed by atoms with Crippen LogP contribution in [-0.2, 0) is 6.42 Å². The molecular formula is C17H23NO3. The van der Waals surface area contributed by atoms with Crippen LogP contribution in [-0.4, -0.2) is 19.2 Å². The van der Waals surface area contributed by atoms with E-state index in [9.17, 15) is 4.79 Å². The zero-order chi connectivity index (χ0) is 15.4. The van der Waals surface area contributed by atoms with Gasteiger partial charge in [0.1, 0.15) is 0 Å². The summed E-state index contributed by atoms with van der Waals surface area (Å²) < 4.78 is 10.7. The number of fused-ring (bicyclic) bond motifs is 1. The second-order valence-corrected chi connectivity index (χ2v) is 5.27. The van der Waals surface area contributed by atoms with Crippen molar-refractivity contribution in [3.63, 3.8) is 0 Å². The number of benzene rings is 1. The third-order valence-corrected chi connectivity index (χ3v) is 3.86. The smallest absolute Gasteiger partial charge is 0.251 e. The predicted octanol–water partition coefficient (Wildman–Crippen LogP) is 3.59. The number of aromatic nitrogens is 1. The van der Waals surface area contributed by atoms with Crippen molar-refractivity contribution in [1.29, 1.82) is 0 Å². The number of aryl methyl sites for hydroxylation is 2. The zero-order valence-electron chi connectivity index (χ0n) is 13.2. The molecule has 21 heavy (non-hydrogen) atoms. The van der Waals surface area contributed by atoms with Crippen LogP contribution in [0.1, 0.15) is 37.4 Å². The Morgan fingerprint density at radius 3 is 2.24 bits per heavy atom. The SMILES string of the molecule is CCCCCc1c(=O)[nH]c(C)c2cc(OC)c(OC)cc12. The lowest BCUT2D eigenvalue weighted by Gasteiger charge is -2.13. The van der Waals surface area contributed by atoms with E-state index in [0.717, 1.165) is 47.7 Å². The van der Waals surface area contributed by atoms with Crippen molar-refractivity contribution in [3.05, 3.63) is 33.7 Å². The van der Waals surface area contributed by atoms with Gasteiger partial charge in [0.15, 0.2) is 11.5 Å². The first-order chi connectivity index (χ1) is 10.1. The van der Waals surface area contributed by atoms with Crippen molar-refractivity contribution < 1.29 is 9.47 Å². The van der Waals surface area contributed by atoms with Crippen LogP contribution in [0.3, 0.4) is 0 Å². The van der Waals surface area contributed by atoms with Gasteiger partial charge in [-0.3, -0.25) is 4.79 Å². The van der Waals surface area contributed by atoms with Gasteiger partial charge in [-0.05, 0) is 37.3 Å². The second-order valence-electron chi connectivity index (χ2n) is 5.27. The predicted molar refractivity (Wildman–Crippen MR) is 85.6 cm³/mol. The van der Waals surface area contributed by atoms with Crippen LogP contribution in [0, 0.1) is 6.92 Å². The number of hydrogen-bond donors (Lipinski definition) is 1. The molecule has 4 heteroatoms. The van der Waals surface area contributed by atoms with Gasteiger partial charge in [0.25, 0.3) is 5.56 Å². The molecule has 0 spiro atoms. The molecule has 0 aliphatic rings. The average Bonchev–Trinajstić information content (AvgIpc) is 2.49. The molecule has 0 aliphatic heterocycles. The second kappa shape index (κ2) is 6.66. The van der Waals surface area contributed by atoms with Crippen LogP contribution in [0.2, 0.25) is 0 Å². The maximum absolute atomic E-state index is 12.3. The van der Waals surface area contributed by atoms with Gasteiger partial charge in [0.2, 0.25) is 0 Å². The minimum atomic E-state index is 0.00308. The molecule has 1 N–H and O–H groups in total. The van der Waals surface area contributed by atoms with Crippen LogP contribution < -0.4 is 15.0 Å². The Morgan fingerprint density at radius 2 is 1.67 bits per heavy atom. The van der Waals surface area contributed by atoms with Gasteiger partial charge in [-0.1, -0.05) is 19.8 Å². The molecule has 2 aromatic rings. The monoisotopic (exact) mass is 289 g/mol. The van der Waals surface area contributed by atoms with Gasteiger partial charge in [-0.2, -0.15) is 0 Å². The number of pyridine rings is 1. The molecule has 1 aromatic heterocycles. The van der Waals surface area contributed by atoms with Gasteiger partial charge in [0, 0.05) is 16.6 Å². The highest BCUT2D eigenvalue weighted by molar-refractivity contribution is 5.90. The number of hydrogen-bond acceptors (Lipinski definition) is 3. The zero-order valence-corrected chi connectivity index (χ0v) is 13.2. The Balaban J connectivity index is 2.64. The Hall–Kier alpha value is -1.97. The van der Waals surface area contributed by atoms with Crippen molar-refractivity contribution >= 4 is 10.8 Å². The van der Waals surface area contributed by atoms with Crippen molar-refractivity contribution in [1.82, 2.24) is 4.98 Å². The molecule has 0 saturated heterocycles. The van der Waals surface area contributed by atoms with Crippen molar-refractivity contribution in [2.75, 3.05) is 14.2 Å². The maximum atomic E-state index is 12.3. The molecule has 114 valence electrons. The number of ether oxygens (including phenoxy) is 2. The Labute approximate surface area is 125 Å². The number of unbranched alkanes of at least 4 members (excludes halogenated alkanes) is 2. The van der Waals surface area contributed by atoms with Crippen molar-refractivity contribution in [2.24, 2.45) is 0 Å². The highest BCUT2D eigenvalue weighted by Crippen LogP contribution is 2.34. The molecule has 0 bridgehead atoms. The lowest BCUT2D eigenvalue weighted by Crippen LogP contribution is -2.15. The molecule has 0 saturated carbocycles. The van der Waals surface area contributed by atoms with Gasteiger partial charge in [-0.15, -0.1) is 0 Å². The van der Waals surface area contributed by atoms with E-state index < -0.39 is 0 Å². The number of nitrogens with one attached hydrogen (secondary N) is 1. The summed E-state index contributed by atoms with van der Waals surface area (Å²) in [5, 5.41) is 1.98. The van der Waals surface area contributed by atoms with Crippen LogP contribution in [0.4, 0.5) is 0 Å². The third-order valence-electron chi connectivity index (χ3n) is 3.86. The molecule has 0 fully saturated rings. The molecule has 0 unspecified atom stereocenters. The lowest BCUT2D eigenvalue weighted by atomic mass is 10.00. The van der Waals surface area contributed by atoms with E-state index in [1.165, 1.54) is 0 Å². The largest absolute Gasteiger partial charge is 0.493 e. The first-order valence-corrected chi connectivity index (χ1v) is 7.39. The van der Waals surface area contributed by atoms with Crippen molar-refractivity contribution in [3.8, 4) is 11.5 Å². The van der Waals surface area contributed by atoms with E-state index >= 15 is 0 Å². The Kier molecular flexibility index (Phi) is 4.89. The maximum Gasteiger partial charge on any atom is 0.251 e. The molecular weight excluding hydrogens is 266 g/mol. The summed E-state index contributed by atoms with van der Waals surface area (Å²) in [6.07, 6.45) is 4.07. The van der Waals surface area contributed by atoms with E-state index in [4.69, 9.17) is 9.47 Å². The molecule has 4 nitrogen and oxygen atoms in total. The topological polar surface area (TPSA) is 51.3 Å². The first-order valence-electron chi connectivity index (χ1n) is 7.39. The van der Waals surface area contributed by atoms with Gasteiger partial charge in [0.05, 0.1) is 14.2 Å². The molecule has 0 amide bonds. The fourth-order valence-electron chi connectivity index (χ4n) is 2.67. The molecule has 1 aromatic carbocycles. The van der Waals surface area contributed by atoms with E-state index in [-0.39, 0.29) is 5.56 Å². The fourth-order valence-corrected chi connectivity index (χ4v) is 2.67. The summed E-state index contributed by atoms with van der Waals surface area (Å²) in [5.41, 5.74) is 1.70. The van der Waals surface area contributed by atoms with Gasteiger partial charge >= 0.3 is 0 Å². The highest BCUT2D eigenvalue weighted by atomic mass is 16.5. The molecule has 0 aliphatic carbocycles. The number of rotatable bonds is 6. The van der Waals surface area contributed by atoms with E-state index in [1.807, 2.05) is 19.1 Å². The molecule has 2 rings (SSSR count). The number of H-pyrrole nitrogens is 1. The number of aromatic amines is 1. The van der Waals surface area contributed by atoms with Crippen LogP contribution in [0.15, 0.2) is 16.9 Å². The van der Waals surface area contributed by atoms with Gasteiger partial charge < -0.3 is 14.5 Å². The van der Waals surface area contributed by atoms with E-state index in [0.29, 0.717) is 11.5 Å². The lowest BCUT2D eigenvalue weighted by molar-refractivity contribution is 0.356. The average molecular weight is 289 g/mol. The van der Waals surface area contributed by atoms with Crippen LogP contribution in [0.5, 0.6) is 11.5 Å². The quantitative estimate of drug-likeness (QED) is 0.827. The standard InChI is InChI=1S/C17H23NO3/c1-5-6-7-8-12-14-10-16(21-4)15(20-3)9-13(14)11(2)18-17(12)19/h9-10H,5-8H2,1-4H3,(H,18,19). The number of methoxy groups -OCH3 is 2. The summed E-state index contributed by atoms with van der Waals surface area (Å²) >= 11 is 0. The molecule has 0 radical (unpaired) electrons. The summed E-state index contributed by atoms with van der Waals surface area (Å²) in [4.78, 5) is 15.2. The summed E-state index contributed by atoms with van der Waals surface area (Å²) in [7, 11) is 3.23. The Morgan fingerprint density at radius 1 is 1.05 bits per heavy atom. The van der Waals surface area contributed by atoms with Crippen LogP contribution in [0.25, 0.3) is 10.8 Å². The summed E-state index contributed by atoms with van der Waals surface area (Å²) in [6, 6.07) is 3.85. The minimum absolute atomic E-state index is 0.00308. The highest BCUT2D eigenvalue weighted by Gasteiger charge is 2.13. The normalized spacial score (nSPS) is 10.9. The first kappa shape index (κ1) is 15.4. The minimum Gasteiger partial charge on any atom is -0.493 e. The fraction of sp³-hybridized carbons (Fsp3) is 0.471. The Bertz CT molecular complexity index is 688. The van der Waals surface area contributed by atoms with E-state index in [1.54, 1.807) is 14.2 Å². The molecule has 1 heterocycles. The summed E-state index contributed by atoms with van der Waals surface area (Å²) in [5.74, 6) is 1.34. The molecule has 0 atom stereocenters.